The molecule has 110 valence electrons. The predicted octanol–water partition coefficient (Wildman–Crippen LogP) is 3.74. The number of ether oxygens (including phenoxy) is 3. The van der Waals surface area contributed by atoms with Gasteiger partial charge in [-0.25, -0.2) is 0 Å². The van der Waals surface area contributed by atoms with Gasteiger partial charge in [0.2, 0.25) is 0 Å². The van der Waals surface area contributed by atoms with Crippen molar-refractivity contribution in [2.75, 3.05) is 20.3 Å². The van der Waals surface area contributed by atoms with E-state index in [9.17, 15) is 0 Å². The van der Waals surface area contributed by atoms with Gasteiger partial charge < -0.3 is 14.2 Å². The van der Waals surface area contributed by atoms with Crippen molar-refractivity contribution in [1.29, 1.82) is 0 Å². The van der Waals surface area contributed by atoms with Crippen LogP contribution in [0.5, 0.6) is 11.5 Å². The van der Waals surface area contributed by atoms with Crippen molar-refractivity contribution < 1.29 is 14.2 Å². The fraction of sp³-hybridized carbons (Fsp3) is 0.647. The Labute approximate surface area is 121 Å². The molecule has 1 fully saturated rings. The normalized spacial score (nSPS) is 26.9. The van der Waals surface area contributed by atoms with Gasteiger partial charge in [-0.05, 0) is 68.7 Å². The summed E-state index contributed by atoms with van der Waals surface area (Å²) < 4.78 is 17.3. The average molecular weight is 276 g/mol. The fourth-order valence-corrected chi connectivity index (χ4v) is 3.47. The molecule has 0 aliphatic carbocycles. The molecule has 0 N–H and O–H groups in total. The maximum atomic E-state index is 6.07. The number of rotatable bonds is 1. The van der Waals surface area contributed by atoms with Crippen molar-refractivity contribution in [2.24, 2.45) is 0 Å². The zero-order chi connectivity index (χ0) is 13.8. The number of aryl methyl sites for hydroxylation is 1. The van der Waals surface area contributed by atoms with Crippen LogP contribution >= 0.6 is 0 Å². The number of benzene rings is 1. The highest BCUT2D eigenvalue weighted by atomic mass is 16.5. The minimum absolute atomic E-state index is 0.139. The van der Waals surface area contributed by atoms with E-state index in [0.29, 0.717) is 0 Å². The maximum absolute atomic E-state index is 6.07. The first-order valence-electron chi connectivity index (χ1n) is 7.75. The van der Waals surface area contributed by atoms with E-state index < -0.39 is 0 Å². The molecule has 2 heterocycles. The van der Waals surface area contributed by atoms with E-state index >= 15 is 0 Å². The summed E-state index contributed by atoms with van der Waals surface area (Å²) in [4.78, 5) is 0. The smallest absolute Gasteiger partial charge is 0.122 e. The summed E-state index contributed by atoms with van der Waals surface area (Å²) in [5.74, 6) is 1.94. The second kappa shape index (κ2) is 6.04. The van der Waals surface area contributed by atoms with E-state index in [4.69, 9.17) is 14.2 Å². The van der Waals surface area contributed by atoms with Crippen molar-refractivity contribution in [2.45, 2.75) is 50.5 Å². The van der Waals surface area contributed by atoms with Crippen LogP contribution in [0.2, 0.25) is 0 Å². The molecule has 3 rings (SSSR count). The molecule has 1 saturated heterocycles. The molecule has 0 amide bonds. The lowest BCUT2D eigenvalue weighted by atomic mass is 9.87. The molecule has 1 atom stereocenters. The number of fused-ring (bicyclic) bond motifs is 1. The Morgan fingerprint density at radius 3 is 2.60 bits per heavy atom. The van der Waals surface area contributed by atoms with E-state index in [1.165, 1.54) is 24.8 Å². The van der Waals surface area contributed by atoms with Crippen molar-refractivity contribution in [1.82, 2.24) is 0 Å². The van der Waals surface area contributed by atoms with Gasteiger partial charge >= 0.3 is 0 Å². The standard InChI is InChI=1S/C17H24O3/c1-18-15-6-7-16-14(13-15)5-2-8-17(9-3-11-19-16)10-4-12-20-17/h6-7,13H,2-5,8-12H2,1H3. The molecule has 0 saturated carbocycles. The third-order valence-corrected chi connectivity index (χ3v) is 4.57. The quantitative estimate of drug-likeness (QED) is 0.782. The molecule has 1 unspecified atom stereocenters. The van der Waals surface area contributed by atoms with Crippen LogP contribution < -0.4 is 9.47 Å². The molecule has 1 spiro atoms. The summed E-state index contributed by atoms with van der Waals surface area (Å²) in [5.41, 5.74) is 1.40. The number of hydrogen-bond acceptors (Lipinski definition) is 3. The number of methoxy groups -OCH3 is 1. The van der Waals surface area contributed by atoms with E-state index in [1.54, 1.807) is 7.11 Å². The molecular weight excluding hydrogens is 252 g/mol. The van der Waals surface area contributed by atoms with E-state index in [2.05, 4.69) is 6.07 Å². The predicted molar refractivity (Wildman–Crippen MR) is 78.6 cm³/mol. The maximum Gasteiger partial charge on any atom is 0.122 e. The zero-order valence-corrected chi connectivity index (χ0v) is 12.3. The van der Waals surface area contributed by atoms with Gasteiger partial charge in [-0.15, -0.1) is 0 Å². The van der Waals surface area contributed by atoms with Crippen LogP contribution in [0, 0.1) is 0 Å². The summed E-state index contributed by atoms with van der Waals surface area (Å²) in [7, 11) is 1.71. The first kappa shape index (κ1) is 13.7. The van der Waals surface area contributed by atoms with Gasteiger partial charge in [-0.3, -0.25) is 0 Å². The topological polar surface area (TPSA) is 27.7 Å². The van der Waals surface area contributed by atoms with Crippen LogP contribution in [0.3, 0.4) is 0 Å². The van der Waals surface area contributed by atoms with Crippen molar-refractivity contribution in [3.63, 3.8) is 0 Å². The van der Waals surface area contributed by atoms with E-state index in [0.717, 1.165) is 50.4 Å². The molecule has 2 aliphatic rings. The first-order chi connectivity index (χ1) is 9.81. The minimum atomic E-state index is 0.139. The lowest BCUT2D eigenvalue weighted by Gasteiger charge is -2.29. The van der Waals surface area contributed by atoms with Gasteiger partial charge in [-0.1, -0.05) is 0 Å². The molecule has 0 aromatic heterocycles. The fourth-order valence-electron chi connectivity index (χ4n) is 3.47. The lowest BCUT2D eigenvalue weighted by Crippen LogP contribution is -2.29. The number of hydrogen-bond donors (Lipinski definition) is 0. The third-order valence-electron chi connectivity index (χ3n) is 4.57. The largest absolute Gasteiger partial charge is 0.497 e. The molecule has 0 bridgehead atoms. The van der Waals surface area contributed by atoms with Gasteiger partial charge in [0.15, 0.2) is 0 Å². The lowest BCUT2D eigenvalue weighted by molar-refractivity contribution is -0.0154. The highest BCUT2D eigenvalue weighted by Gasteiger charge is 2.34. The molecular formula is C17H24O3. The Hall–Kier alpha value is -1.22. The molecule has 3 heteroatoms. The van der Waals surface area contributed by atoms with Crippen LogP contribution in [0.4, 0.5) is 0 Å². The first-order valence-corrected chi connectivity index (χ1v) is 7.75. The molecule has 3 nitrogen and oxygen atoms in total. The highest BCUT2D eigenvalue weighted by molar-refractivity contribution is 5.40. The average Bonchev–Trinajstić information content (AvgIpc) is 2.93. The van der Waals surface area contributed by atoms with Gasteiger partial charge in [-0.2, -0.15) is 0 Å². The van der Waals surface area contributed by atoms with Gasteiger partial charge in [0.1, 0.15) is 11.5 Å². The van der Waals surface area contributed by atoms with Gasteiger partial charge in [0, 0.05) is 6.61 Å². The summed E-state index contributed by atoms with van der Waals surface area (Å²) >= 11 is 0. The molecule has 20 heavy (non-hydrogen) atoms. The van der Waals surface area contributed by atoms with Gasteiger partial charge in [0.25, 0.3) is 0 Å². The van der Waals surface area contributed by atoms with Crippen LogP contribution in [-0.4, -0.2) is 25.9 Å². The molecule has 1 aromatic rings. The van der Waals surface area contributed by atoms with Crippen LogP contribution in [0.25, 0.3) is 0 Å². The molecule has 1 aromatic carbocycles. The second-order valence-electron chi connectivity index (χ2n) is 5.91. The Morgan fingerprint density at radius 1 is 1.05 bits per heavy atom. The summed E-state index contributed by atoms with van der Waals surface area (Å²) in [6, 6.07) is 6.13. The Bertz CT molecular complexity index is 450. The summed E-state index contributed by atoms with van der Waals surface area (Å²) in [6.45, 7) is 1.72. The van der Waals surface area contributed by atoms with Crippen molar-refractivity contribution >= 4 is 0 Å². The Morgan fingerprint density at radius 2 is 1.85 bits per heavy atom. The van der Waals surface area contributed by atoms with E-state index in [1.807, 2.05) is 12.1 Å². The van der Waals surface area contributed by atoms with Crippen LogP contribution in [-0.2, 0) is 11.2 Å². The Kier molecular flexibility index (Phi) is 4.16. The Balaban J connectivity index is 1.75. The summed E-state index contributed by atoms with van der Waals surface area (Å²) in [6.07, 6.45) is 8.01. The zero-order valence-electron chi connectivity index (χ0n) is 12.3. The molecule has 0 radical (unpaired) electrons. The van der Waals surface area contributed by atoms with Crippen molar-refractivity contribution in [3.8, 4) is 11.5 Å². The molecule has 2 aliphatic heterocycles. The van der Waals surface area contributed by atoms with E-state index in [-0.39, 0.29) is 5.60 Å². The van der Waals surface area contributed by atoms with Gasteiger partial charge in [0.05, 0.1) is 19.3 Å². The SMILES string of the molecule is COc1ccc2c(c1)CCCC1(CCCO2)CCCO1. The van der Waals surface area contributed by atoms with Crippen molar-refractivity contribution in [3.05, 3.63) is 23.8 Å². The minimum Gasteiger partial charge on any atom is -0.497 e. The van der Waals surface area contributed by atoms with Crippen LogP contribution in [0.1, 0.15) is 44.1 Å². The summed E-state index contributed by atoms with van der Waals surface area (Å²) in [5, 5.41) is 0. The third kappa shape index (κ3) is 2.93. The highest BCUT2D eigenvalue weighted by Crippen LogP contribution is 2.37. The van der Waals surface area contributed by atoms with Crippen LogP contribution in [0.15, 0.2) is 18.2 Å². The second-order valence-corrected chi connectivity index (χ2v) is 5.91. The monoisotopic (exact) mass is 276 g/mol.